The Labute approximate surface area is 103 Å². The first-order valence-corrected chi connectivity index (χ1v) is 7.14. The van der Waals surface area contributed by atoms with Crippen LogP contribution in [0.1, 0.15) is 44.3 Å². The molecule has 1 rings (SSSR count). The molecule has 1 unspecified atom stereocenters. The van der Waals surface area contributed by atoms with E-state index in [0.717, 1.165) is 24.6 Å². The molecule has 1 heterocycles. The molecular formula is C13H24N2S. The van der Waals surface area contributed by atoms with Gasteiger partial charge in [0.2, 0.25) is 0 Å². The minimum absolute atomic E-state index is 0.647. The lowest BCUT2D eigenvalue weighted by molar-refractivity contribution is 0.405. The lowest BCUT2D eigenvalue weighted by Crippen LogP contribution is -2.30. The van der Waals surface area contributed by atoms with E-state index in [1.165, 1.54) is 17.8 Å². The molecule has 3 heteroatoms. The topological polar surface area (TPSA) is 24.9 Å². The maximum absolute atomic E-state index is 4.51. The van der Waals surface area contributed by atoms with E-state index >= 15 is 0 Å². The SMILES string of the molecule is CCNC(CCc1nc(C)cs1)CC(C)C. The second kappa shape index (κ2) is 7.02. The zero-order valence-electron chi connectivity index (χ0n) is 10.9. The van der Waals surface area contributed by atoms with Crippen LogP contribution in [-0.2, 0) is 6.42 Å². The van der Waals surface area contributed by atoms with Crippen LogP contribution in [0.5, 0.6) is 0 Å². The molecule has 0 spiro atoms. The summed E-state index contributed by atoms with van der Waals surface area (Å²) in [5, 5.41) is 6.99. The van der Waals surface area contributed by atoms with Crippen molar-refractivity contribution in [3.05, 3.63) is 16.1 Å². The van der Waals surface area contributed by atoms with Gasteiger partial charge in [-0.3, -0.25) is 0 Å². The van der Waals surface area contributed by atoms with Crippen LogP contribution >= 0.6 is 11.3 Å². The Morgan fingerprint density at radius 3 is 2.69 bits per heavy atom. The van der Waals surface area contributed by atoms with Gasteiger partial charge in [0.15, 0.2) is 0 Å². The molecule has 0 aliphatic rings. The van der Waals surface area contributed by atoms with Crippen LogP contribution in [0.2, 0.25) is 0 Å². The Bertz CT molecular complexity index is 294. The highest BCUT2D eigenvalue weighted by Gasteiger charge is 2.10. The van der Waals surface area contributed by atoms with Gasteiger partial charge in [0.1, 0.15) is 0 Å². The van der Waals surface area contributed by atoms with Gasteiger partial charge in [0.25, 0.3) is 0 Å². The maximum atomic E-state index is 4.51. The first-order chi connectivity index (χ1) is 7.61. The lowest BCUT2D eigenvalue weighted by atomic mass is 10.00. The van der Waals surface area contributed by atoms with Crippen LogP contribution in [0, 0.1) is 12.8 Å². The molecule has 92 valence electrons. The largest absolute Gasteiger partial charge is 0.314 e. The van der Waals surface area contributed by atoms with E-state index < -0.39 is 0 Å². The van der Waals surface area contributed by atoms with Crippen molar-refractivity contribution in [1.82, 2.24) is 10.3 Å². The monoisotopic (exact) mass is 240 g/mol. The highest BCUT2D eigenvalue weighted by molar-refractivity contribution is 7.09. The Kier molecular flexibility index (Phi) is 5.99. The van der Waals surface area contributed by atoms with Gasteiger partial charge in [0.05, 0.1) is 5.01 Å². The normalized spacial score (nSPS) is 13.3. The van der Waals surface area contributed by atoms with E-state index in [0.29, 0.717) is 6.04 Å². The van der Waals surface area contributed by atoms with Crippen LogP contribution in [-0.4, -0.2) is 17.6 Å². The second-order valence-electron chi connectivity index (χ2n) is 4.81. The molecular weight excluding hydrogens is 216 g/mol. The molecule has 0 aromatic carbocycles. The highest BCUT2D eigenvalue weighted by atomic mass is 32.1. The molecule has 0 fully saturated rings. The Balaban J connectivity index is 2.36. The number of aryl methyl sites for hydroxylation is 2. The number of rotatable bonds is 7. The van der Waals surface area contributed by atoms with Crippen molar-refractivity contribution in [2.75, 3.05) is 6.54 Å². The average Bonchev–Trinajstić information content (AvgIpc) is 2.60. The van der Waals surface area contributed by atoms with Crippen LogP contribution in [0.15, 0.2) is 5.38 Å². The predicted molar refractivity (Wildman–Crippen MR) is 72.1 cm³/mol. The van der Waals surface area contributed by atoms with Crippen LogP contribution < -0.4 is 5.32 Å². The molecule has 0 saturated carbocycles. The van der Waals surface area contributed by atoms with Crippen molar-refractivity contribution in [3.63, 3.8) is 0 Å². The summed E-state index contributed by atoms with van der Waals surface area (Å²) < 4.78 is 0. The minimum Gasteiger partial charge on any atom is -0.314 e. The van der Waals surface area contributed by atoms with Gasteiger partial charge in [-0.25, -0.2) is 4.98 Å². The van der Waals surface area contributed by atoms with Crippen molar-refractivity contribution in [2.45, 2.75) is 53.0 Å². The molecule has 0 amide bonds. The van der Waals surface area contributed by atoms with Crippen molar-refractivity contribution in [3.8, 4) is 0 Å². The van der Waals surface area contributed by atoms with Crippen LogP contribution in [0.25, 0.3) is 0 Å². The fraction of sp³-hybridized carbons (Fsp3) is 0.769. The Morgan fingerprint density at radius 1 is 1.44 bits per heavy atom. The minimum atomic E-state index is 0.647. The predicted octanol–water partition coefficient (Wildman–Crippen LogP) is 3.41. The van der Waals surface area contributed by atoms with Gasteiger partial charge < -0.3 is 5.32 Å². The van der Waals surface area contributed by atoms with Gasteiger partial charge in [0, 0.05) is 23.5 Å². The maximum Gasteiger partial charge on any atom is 0.0928 e. The third kappa shape index (κ3) is 5.08. The molecule has 1 atom stereocenters. The summed E-state index contributed by atoms with van der Waals surface area (Å²) in [6, 6.07) is 0.647. The zero-order valence-corrected chi connectivity index (χ0v) is 11.7. The number of thiazole rings is 1. The fourth-order valence-electron chi connectivity index (χ4n) is 1.98. The number of hydrogen-bond donors (Lipinski definition) is 1. The van der Waals surface area contributed by atoms with Crippen molar-refractivity contribution in [2.24, 2.45) is 5.92 Å². The third-order valence-electron chi connectivity index (χ3n) is 2.62. The number of hydrogen-bond acceptors (Lipinski definition) is 3. The zero-order chi connectivity index (χ0) is 12.0. The van der Waals surface area contributed by atoms with Gasteiger partial charge in [-0.15, -0.1) is 11.3 Å². The average molecular weight is 240 g/mol. The third-order valence-corrected chi connectivity index (χ3v) is 3.65. The van der Waals surface area contributed by atoms with Crippen molar-refractivity contribution < 1.29 is 0 Å². The van der Waals surface area contributed by atoms with E-state index in [2.05, 4.69) is 43.4 Å². The fourth-order valence-corrected chi connectivity index (χ4v) is 2.77. The highest BCUT2D eigenvalue weighted by Crippen LogP contribution is 2.15. The van der Waals surface area contributed by atoms with E-state index in [1.807, 2.05) is 0 Å². The quantitative estimate of drug-likeness (QED) is 0.790. The summed E-state index contributed by atoms with van der Waals surface area (Å²) >= 11 is 1.79. The molecule has 0 saturated heterocycles. The Hall–Kier alpha value is -0.410. The van der Waals surface area contributed by atoms with Crippen molar-refractivity contribution in [1.29, 1.82) is 0 Å². The van der Waals surface area contributed by atoms with Gasteiger partial charge in [-0.05, 0) is 32.2 Å². The lowest BCUT2D eigenvalue weighted by Gasteiger charge is -2.19. The summed E-state index contributed by atoms with van der Waals surface area (Å²) in [4.78, 5) is 4.51. The molecule has 16 heavy (non-hydrogen) atoms. The van der Waals surface area contributed by atoms with E-state index in [-0.39, 0.29) is 0 Å². The van der Waals surface area contributed by atoms with Crippen LogP contribution in [0.4, 0.5) is 0 Å². The molecule has 1 N–H and O–H groups in total. The molecule has 1 aromatic rings. The molecule has 2 nitrogen and oxygen atoms in total. The number of nitrogens with zero attached hydrogens (tertiary/aromatic N) is 1. The second-order valence-corrected chi connectivity index (χ2v) is 5.75. The standard InChI is InChI=1S/C13H24N2S/c1-5-14-12(8-10(2)3)6-7-13-15-11(4)9-16-13/h9-10,12,14H,5-8H2,1-4H3. The molecule has 1 aromatic heterocycles. The summed E-state index contributed by atoms with van der Waals surface area (Å²) in [5.41, 5.74) is 1.16. The smallest absolute Gasteiger partial charge is 0.0928 e. The van der Waals surface area contributed by atoms with Gasteiger partial charge in [-0.2, -0.15) is 0 Å². The molecule has 0 aliphatic heterocycles. The summed E-state index contributed by atoms with van der Waals surface area (Å²) in [6.45, 7) is 9.89. The molecule has 0 radical (unpaired) electrons. The molecule has 0 bridgehead atoms. The summed E-state index contributed by atoms with van der Waals surface area (Å²) in [7, 11) is 0. The summed E-state index contributed by atoms with van der Waals surface area (Å²) in [5.74, 6) is 0.766. The first-order valence-electron chi connectivity index (χ1n) is 6.26. The summed E-state index contributed by atoms with van der Waals surface area (Å²) in [6.07, 6.45) is 3.58. The van der Waals surface area contributed by atoms with Gasteiger partial charge in [-0.1, -0.05) is 20.8 Å². The number of aromatic nitrogens is 1. The van der Waals surface area contributed by atoms with Gasteiger partial charge >= 0.3 is 0 Å². The van der Waals surface area contributed by atoms with Crippen molar-refractivity contribution >= 4 is 11.3 Å². The van der Waals surface area contributed by atoms with E-state index in [9.17, 15) is 0 Å². The van der Waals surface area contributed by atoms with E-state index in [4.69, 9.17) is 0 Å². The number of nitrogens with one attached hydrogen (secondary N) is 1. The molecule has 0 aliphatic carbocycles. The first kappa shape index (κ1) is 13.7. The van der Waals surface area contributed by atoms with E-state index in [1.54, 1.807) is 11.3 Å². The Morgan fingerprint density at radius 2 is 2.19 bits per heavy atom. The van der Waals surface area contributed by atoms with Crippen LogP contribution in [0.3, 0.4) is 0 Å².